The quantitative estimate of drug-likeness (QED) is 0.723. The lowest BCUT2D eigenvalue weighted by atomic mass is 9.88. The first-order chi connectivity index (χ1) is 7.29. The van der Waals surface area contributed by atoms with Crippen LogP contribution in [0.15, 0.2) is 0 Å². The highest BCUT2D eigenvalue weighted by Gasteiger charge is 2.31. The molecule has 2 aliphatic rings. The van der Waals surface area contributed by atoms with Crippen molar-refractivity contribution in [2.45, 2.75) is 57.3 Å². The molecule has 3 heteroatoms. The third kappa shape index (κ3) is 2.92. The van der Waals surface area contributed by atoms with Crippen LogP contribution in [0.1, 0.15) is 39.0 Å². The Labute approximate surface area is 92.2 Å². The number of nitrogens with one attached hydrogen (secondary N) is 1. The highest BCUT2D eigenvalue weighted by Crippen LogP contribution is 2.27. The average Bonchev–Trinajstić information content (AvgIpc) is 2.55. The first-order valence-electron chi connectivity index (χ1n) is 6.32. The van der Waals surface area contributed by atoms with E-state index in [1.165, 1.54) is 12.8 Å². The van der Waals surface area contributed by atoms with Crippen LogP contribution >= 0.6 is 0 Å². The van der Waals surface area contributed by atoms with Crippen molar-refractivity contribution in [3.8, 4) is 0 Å². The van der Waals surface area contributed by atoms with Gasteiger partial charge in [-0.2, -0.15) is 0 Å². The second kappa shape index (κ2) is 5.28. The summed E-state index contributed by atoms with van der Waals surface area (Å²) < 4.78 is 5.51. The molecule has 0 saturated heterocycles. The van der Waals surface area contributed by atoms with E-state index in [1.807, 2.05) is 0 Å². The average molecular weight is 213 g/mol. The van der Waals surface area contributed by atoms with Gasteiger partial charge in [-0.15, -0.1) is 0 Å². The van der Waals surface area contributed by atoms with Crippen molar-refractivity contribution in [1.82, 2.24) is 5.32 Å². The van der Waals surface area contributed by atoms with E-state index in [0.717, 1.165) is 32.4 Å². The first kappa shape index (κ1) is 11.4. The summed E-state index contributed by atoms with van der Waals surface area (Å²) in [4.78, 5) is 0. The fourth-order valence-corrected chi connectivity index (χ4v) is 2.68. The molecule has 2 atom stereocenters. The Morgan fingerprint density at radius 1 is 1.33 bits per heavy atom. The minimum absolute atomic E-state index is 0.0553. The van der Waals surface area contributed by atoms with Crippen molar-refractivity contribution < 1.29 is 9.84 Å². The molecule has 2 rings (SSSR count). The van der Waals surface area contributed by atoms with Crippen LogP contribution in [0.2, 0.25) is 0 Å². The first-order valence-corrected chi connectivity index (χ1v) is 6.32. The van der Waals surface area contributed by atoms with Crippen LogP contribution in [0.4, 0.5) is 0 Å². The molecule has 0 amide bonds. The van der Waals surface area contributed by atoms with Gasteiger partial charge in [0.1, 0.15) is 0 Å². The Hall–Kier alpha value is -0.120. The zero-order valence-electron chi connectivity index (χ0n) is 9.61. The van der Waals surface area contributed by atoms with Crippen molar-refractivity contribution in [1.29, 1.82) is 0 Å². The molecule has 0 aromatic carbocycles. The topological polar surface area (TPSA) is 41.5 Å². The van der Waals surface area contributed by atoms with E-state index in [1.54, 1.807) is 0 Å². The Balaban J connectivity index is 1.56. The number of hydrogen-bond acceptors (Lipinski definition) is 3. The molecule has 15 heavy (non-hydrogen) atoms. The van der Waals surface area contributed by atoms with E-state index < -0.39 is 0 Å². The summed E-state index contributed by atoms with van der Waals surface area (Å²) in [5.41, 5.74) is 0. The second-order valence-corrected chi connectivity index (χ2v) is 4.91. The summed E-state index contributed by atoms with van der Waals surface area (Å²) in [6, 6.07) is 0.634. The molecule has 0 bridgehead atoms. The van der Waals surface area contributed by atoms with Crippen LogP contribution < -0.4 is 5.32 Å². The van der Waals surface area contributed by atoms with Crippen molar-refractivity contribution in [3.05, 3.63) is 0 Å². The van der Waals surface area contributed by atoms with E-state index in [-0.39, 0.29) is 6.10 Å². The molecular weight excluding hydrogens is 190 g/mol. The monoisotopic (exact) mass is 213 g/mol. The Kier molecular flexibility index (Phi) is 4.00. The van der Waals surface area contributed by atoms with Crippen LogP contribution in [0.5, 0.6) is 0 Å². The molecule has 0 aromatic heterocycles. The van der Waals surface area contributed by atoms with Crippen LogP contribution in [0.25, 0.3) is 0 Å². The molecule has 88 valence electrons. The molecule has 3 nitrogen and oxygen atoms in total. The Morgan fingerprint density at radius 3 is 2.73 bits per heavy atom. The number of hydrogen-bond donors (Lipinski definition) is 2. The normalized spacial score (nSPS) is 40.4. The maximum absolute atomic E-state index is 9.66. The SMILES string of the molecule is CCOC1CC(NCC2CCCC2O)C1. The predicted molar refractivity (Wildman–Crippen MR) is 59.8 cm³/mol. The minimum Gasteiger partial charge on any atom is -0.393 e. The van der Waals surface area contributed by atoms with Crippen LogP contribution in [0, 0.1) is 5.92 Å². The standard InChI is InChI=1S/C12H23NO2/c1-2-15-11-6-10(7-11)13-8-9-4-3-5-12(9)14/h9-14H,2-8H2,1H3. The summed E-state index contributed by atoms with van der Waals surface area (Å²) in [6.07, 6.45) is 6.11. The van der Waals surface area contributed by atoms with Crippen LogP contribution in [-0.4, -0.2) is 36.5 Å². The van der Waals surface area contributed by atoms with Gasteiger partial charge in [-0.25, -0.2) is 0 Å². The fraction of sp³-hybridized carbons (Fsp3) is 1.00. The molecule has 2 saturated carbocycles. The smallest absolute Gasteiger partial charge is 0.0604 e. The highest BCUT2D eigenvalue weighted by atomic mass is 16.5. The van der Waals surface area contributed by atoms with Gasteiger partial charge in [0.05, 0.1) is 12.2 Å². The largest absolute Gasteiger partial charge is 0.393 e. The van der Waals surface area contributed by atoms with Gasteiger partial charge < -0.3 is 15.2 Å². The lowest BCUT2D eigenvalue weighted by molar-refractivity contribution is -0.0116. The molecule has 0 heterocycles. The van der Waals surface area contributed by atoms with Crippen molar-refractivity contribution in [2.24, 2.45) is 5.92 Å². The fourth-order valence-electron chi connectivity index (χ4n) is 2.68. The molecule has 2 unspecified atom stereocenters. The van der Waals surface area contributed by atoms with Gasteiger partial charge in [-0.05, 0) is 38.5 Å². The summed E-state index contributed by atoms with van der Waals surface area (Å²) >= 11 is 0. The maximum Gasteiger partial charge on any atom is 0.0604 e. The van der Waals surface area contributed by atoms with Gasteiger partial charge in [-0.1, -0.05) is 6.42 Å². The minimum atomic E-state index is -0.0553. The molecule has 2 aliphatic carbocycles. The van der Waals surface area contributed by atoms with Crippen molar-refractivity contribution in [2.75, 3.05) is 13.2 Å². The molecule has 2 fully saturated rings. The molecule has 2 N–H and O–H groups in total. The van der Waals surface area contributed by atoms with Gasteiger partial charge >= 0.3 is 0 Å². The van der Waals surface area contributed by atoms with Gasteiger partial charge in [0, 0.05) is 19.2 Å². The van der Waals surface area contributed by atoms with E-state index in [2.05, 4.69) is 12.2 Å². The number of ether oxygens (including phenoxy) is 1. The van der Waals surface area contributed by atoms with Crippen molar-refractivity contribution in [3.63, 3.8) is 0 Å². The van der Waals surface area contributed by atoms with Crippen molar-refractivity contribution >= 4 is 0 Å². The molecule has 0 aliphatic heterocycles. The predicted octanol–water partition coefficient (Wildman–Crippen LogP) is 1.30. The van der Waals surface area contributed by atoms with Gasteiger partial charge in [0.2, 0.25) is 0 Å². The van der Waals surface area contributed by atoms with Gasteiger partial charge in [0.15, 0.2) is 0 Å². The number of rotatable bonds is 5. The maximum atomic E-state index is 9.66. The van der Waals surface area contributed by atoms with Gasteiger partial charge in [-0.3, -0.25) is 0 Å². The zero-order valence-corrected chi connectivity index (χ0v) is 9.61. The van der Waals surface area contributed by atoms with Crippen LogP contribution in [0.3, 0.4) is 0 Å². The summed E-state index contributed by atoms with van der Waals surface area (Å²) in [7, 11) is 0. The molecule has 0 aromatic rings. The van der Waals surface area contributed by atoms with E-state index in [4.69, 9.17) is 4.74 Å². The third-order valence-corrected chi connectivity index (χ3v) is 3.78. The zero-order chi connectivity index (χ0) is 10.7. The summed E-state index contributed by atoms with van der Waals surface area (Å²) in [6.45, 7) is 3.87. The van der Waals surface area contributed by atoms with Crippen LogP contribution in [-0.2, 0) is 4.74 Å². The van der Waals surface area contributed by atoms with E-state index in [0.29, 0.717) is 18.1 Å². The lowest BCUT2D eigenvalue weighted by Crippen LogP contribution is -2.47. The summed E-state index contributed by atoms with van der Waals surface area (Å²) in [5.74, 6) is 0.496. The third-order valence-electron chi connectivity index (χ3n) is 3.78. The highest BCUT2D eigenvalue weighted by molar-refractivity contribution is 4.88. The second-order valence-electron chi connectivity index (χ2n) is 4.91. The molecule has 0 radical (unpaired) electrons. The molecular formula is C12H23NO2. The van der Waals surface area contributed by atoms with E-state index >= 15 is 0 Å². The van der Waals surface area contributed by atoms with E-state index in [9.17, 15) is 5.11 Å². The Bertz CT molecular complexity index is 192. The summed E-state index contributed by atoms with van der Waals surface area (Å²) in [5, 5.41) is 13.2. The van der Waals surface area contributed by atoms with Gasteiger partial charge in [0.25, 0.3) is 0 Å². The number of aliphatic hydroxyl groups excluding tert-OH is 1. The lowest BCUT2D eigenvalue weighted by Gasteiger charge is -2.36. The Morgan fingerprint density at radius 2 is 2.13 bits per heavy atom. The molecule has 0 spiro atoms. The number of aliphatic hydroxyl groups is 1.